The maximum Gasteiger partial charge on any atom is 0.339 e. The van der Waals surface area contributed by atoms with E-state index in [0.29, 0.717) is 17.9 Å². The molecule has 1 heterocycles. The summed E-state index contributed by atoms with van der Waals surface area (Å²) >= 11 is 0. The highest BCUT2D eigenvalue weighted by atomic mass is 16.4. The second-order valence-electron chi connectivity index (χ2n) is 5.30. The summed E-state index contributed by atoms with van der Waals surface area (Å²) in [5.41, 5.74) is -0.183. The lowest BCUT2D eigenvalue weighted by Gasteiger charge is -2.39. The zero-order chi connectivity index (χ0) is 14.8. The molecule has 0 spiro atoms. The summed E-state index contributed by atoms with van der Waals surface area (Å²) in [7, 11) is 0. The molecule has 0 aliphatic heterocycles. The first-order valence-corrected chi connectivity index (χ1v) is 6.70. The molecule has 0 radical (unpaired) electrons. The number of carboxylic acid groups (broad SMARTS) is 1. The maximum absolute atomic E-state index is 12.2. The van der Waals surface area contributed by atoms with E-state index in [1.165, 1.54) is 6.07 Å². The summed E-state index contributed by atoms with van der Waals surface area (Å²) in [6.45, 7) is 5.51. The van der Waals surface area contributed by atoms with Crippen LogP contribution in [-0.2, 0) is 11.3 Å². The first-order valence-electron chi connectivity index (χ1n) is 6.70. The molecule has 5 heteroatoms. The van der Waals surface area contributed by atoms with Crippen molar-refractivity contribution in [3.8, 4) is 0 Å². The van der Waals surface area contributed by atoms with E-state index in [2.05, 4.69) is 11.9 Å². The van der Waals surface area contributed by atoms with Crippen LogP contribution in [0.3, 0.4) is 0 Å². The molecule has 2 rings (SSSR count). The molecule has 0 bridgehead atoms. The number of rotatable bonds is 6. The number of hydrogen-bond acceptors (Lipinski definition) is 3. The fourth-order valence-corrected chi connectivity index (χ4v) is 2.60. The van der Waals surface area contributed by atoms with Gasteiger partial charge in [-0.25, -0.2) is 4.79 Å². The molecular formula is C15H19NO4. The Kier molecular flexibility index (Phi) is 3.97. The third-order valence-corrected chi connectivity index (χ3v) is 3.95. The second kappa shape index (κ2) is 5.53. The van der Waals surface area contributed by atoms with Gasteiger partial charge in [0.2, 0.25) is 5.91 Å². The van der Waals surface area contributed by atoms with Crippen molar-refractivity contribution in [1.82, 2.24) is 5.32 Å². The van der Waals surface area contributed by atoms with E-state index in [4.69, 9.17) is 9.52 Å². The highest BCUT2D eigenvalue weighted by Crippen LogP contribution is 2.44. The Morgan fingerprint density at radius 3 is 2.70 bits per heavy atom. The number of amides is 1. The van der Waals surface area contributed by atoms with E-state index in [1.807, 2.05) is 0 Å². The third kappa shape index (κ3) is 2.61. The van der Waals surface area contributed by atoms with Gasteiger partial charge >= 0.3 is 5.97 Å². The van der Waals surface area contributed by atoms with Crippen LogP contribution in [0.4, 0.5) is 0 Å². The van der Waals surface area contributed by atoms with Gasteiger partial charge in [-0.3, -0.25) is 4.79 Å². The SMILES string of the molecule is C=CCC1(C(=O)NCc2cc(C(=O)O)c(C)o2)CCC1. The van der Waals surface area contributed by atoms with E-state index in [1.54, 1.807) is 13.0 Å². The number of aryl methyl sites for hydroxylation is 1. The van der Waals surface area contributed by atoms with E-state index in [0.717, 1.165) is 19.3 Å². The summed E-state index contributed by atoms with van der Waals surface area (Å²) in [6.07, 6.45) is 5.27. The molecule has 1 amide bonds. The van der Waals surface area contributed by atoms with Crippen LogP contribution in [0.5, 0.6) is 0 Å². The lowest BCUT2D eigenvalue weighted by atomic mass is 9.66. The van der Waals surface area contributed by atoms with Crippen molar-refractivity contribution < 1.29 is 19.1 Å². The fourth-order valence-electron chi connectivity index (χ4n) is 2.60. The number of hydrogen-bond donors (Lipinski definition) is 2. The van der Waals surface area contributed by atoms with Crippen LogP contribution in [-0.4, -0.2) is 17.0 Å². The molecule has 2 N–H and O–H groups in total. The summed E-state index contributed by atoms with van der Waals surface area (Å²) in [5.74, 6) is -0.215. The molecule has 1 aromatic rings. The van der Waals surface area contributed by atoms with Gasteiger partial charge in [-0.1, -0.05) is 12.5 Å². The fraction of sp³-hybridized carbons (Fsp3) is 0.467. The molecule has 0 aromatic carbocycles. The third-order valence-electron chi connectivity index (χ3n) is 3.95. The molecule has 0 atom stereocenters. The Hall–Kier alpha value is -2.04. The Labute approximate surface area is 117 Å². The molecule has 20 heavy (non-hydrogen) atoms. The minimum Gasteiger partial charge on any atom is -0.478 e. The van der Waals surface area contributed by atoms with Crippen molar-refractivity contribution in [1.29, 1.82) is 0 Å². The van der Waals surface area contributed by atoms with Crippen LogP contribution in [0.25, 0.3) is 0 Å². The average Bonchev–Trinajstić information content (AvgIpc) is 2.72. The van der Waals surface area contributed by atoms with Crippen LogP contribution in [0.2, 0.25) is 0 Å². The quantitative estimate of drug-likeness (QED) is 0.783. The highest BCUT2D eigenvalue weighted by molar-refractivity contribution is 5.89. The van der Waals surface area contributed by atoms with Crippen molar-refractivity contribution in [3.63, 3.8) is 0 Å². The zero-order valence-electron chi connectivity index (χ0n) is 11.6. The van der Waals surface area contributed by atoms with Gasteiger partial charge in [-0.2, -0.15) is 0 Å². The Balaban J connectivity index is 1.98. The van der Waals surface area contributed by atoms with Gasteiger partial charge in [0, 0.05) is 0 Å². The van der Waals surface area contributed by atoms with Crippen molar-refractivity contribution in [2.45, 2.75) is 39.2 Å². The number of carbonyl (C=O) groups is 2. The Morgan fingerprint density at radius 1 is 1.55 bits per heavy atom. The van der Waals surface area contributed by atoms with Crippen molar-refractivity contribution >= 4 is 11.9 Å². The van der Waals surface area contributed by atoms with Gasteiger partial charge in [0.1, 0.15) is 17.1 Å². The summed E-state index contributed by atoms with van der Waals surface area (Å²) in [6, 6.07) is 1.46. The van der Waals surface area contributed by atoms with E-state index in [-0.39, 0.29) is 23.4 Å². The summed E-state index contributed by atoms with van der Waals surface area (Å²) in [4.78, 5) is 23.1. The van der Waals surface area contributed by atoms with Crippen LogP contribution in [0.1, 0.15) is 47.6 Å². The van der Waals surface area contributed by atoms with E-state index >= 15 is 0 Å². The lowest BCUT2D eigenvalue weighted by Crippen LogP contribution is -2.45. The number of nitrogens with one attached hydrogen (secondary N) is 1. The highest BCUT2D eigenvalue weighted by Gasteiger charge is 2.42. The number of aromatic carboxylic acids is 1. The molecule has 108 valence electrons. The van der Waals surface area contributed by atoms with Gasteiger partial charge in [0.15, 0.2) is 0 Å². The van der Waals surface area contributed by atoms with Gasteiger partial charge < -0.3 is 14.8 Å². The van der Waals surface area contributed by atoms with Crippen LogP contribution < -0.4 is 5.32 Å². The lowest BCUT2D eigenvalue weighted by molar-refractivity contribution is -0.136. The minimum atomic E-state index is -1.02. The molecule has 1 aromatic heterocycles. The Morgan fingerprint density at radius 2 is 2.25 bits per heavy atom. The van der Waals surface area contributed by atoms with Crippen molar-refractivity contribution in [2.24, 2.45) is 5.41 Å². The first kappa shape index (κ1) is 14.4. The average molecular weight is 277 g/mol. The number of carbonyl (C=O) groups excluding carboxylic acids is 1. The normalized spacial score (nSPS) is 16.2. The predicted molar refractivity (Wildman–Crippen MR) is 73.3 cm³/mol. The smallest absolute Gasteiger partial charge is 0.339 e. The van der Waals surface area contributed by atoms with Crippen LogP contribution in [0.15, 0.2) is 23.1 Å². The molecule has 0 unspecified atom stereocenters. The molecular weight excluding hydrogens is 258 g/mol. The molecule has 1 saturated carbocycles. The zero-order valence-corrected chi connectivity index (χ0v) is 11.6. The van der Waals surface area contributed by atoms with Crippen molar-refractivity contribution in [2.75, 3.05) is 0 Å². The van der Waals surface area contributed by atoms with Gasteiger partial charge in [0.05, 0.1) is 12.0 Å². The van der Waals surface area contributed by atoms with Gasteiger partial charge in [0.25, 0.3) is 0 Å². The summed E-state index contributed by atoms with van der Waals surface area (Å²) < 4.78 is 5.33. The maximum atomic E-state index is 12.2. The number of carboxylic acids is 1. The standard InChI is InChI=1S/C15H19NO4/c1-3-5-15(6-4-7-15)14(19)16-9-11-8-12(13(17)18)10(2)20-11/h3,8H,1,4-7,9H2,2H3,(H,16,19)(H,17,18). The van der Waals surface area contributed by atoms with E-state index < -0.39 is 5.97 Å². The molecule has 1 aliphatic carbocycles. The van der Waals surface area contributed by atoms with Crippen LogP contribution in [0, 0.1) is 12.3 Å². The van der Waals surface area contributed by atoms with Crippen molar-refractivity contribution in [3.05, 3.63) is 35.8 Å². The largest absolute Gasteiger partial charge is 0.478 e. The van der Waals surface area contributed by atoms with Gasteiger partial charge in [-0.15, -0.1) is 6.58 Å². The second-order valence-corrected chi connectivity index (χ2v) is 5.30. The van der Waals surface area contributed by atoms with Crippen LogP contribution >= 0.6 is 0 Å². The Bertz CT molecular complexity index is 540. The minimum absolute atomic E-state index is 0.00502. The molecule has 5 nitrogen and oxygen atoms in total. The molecule has 0 saturated heterocycles. The monoisotopic (exact) mass is 277 g/mol. The molecule has 1 aliphatic rings. The first-order chi connectivity index (χ1) is 9.48. The molecule has 1 fully saturated rings. The number of allylic oxidation sites excluding steroid dienone is 1. The van der Waals surface area contributed by atoms with E-state index in [9.17, 15) is 9.59 Å². The van der Waals surface area contributed by atoms with Gasteiger partial charge in [-0.05, 0) is 32.3 Å². The predicted octanol–water partition coefficient (Wildman–Crippen LogP) is 2.65. The topological polar surface area (TPSA) is 79.5 Å². The number of furan rings is 1. The summed E-state index contributed by atoms with van der Waals surface area (Å²) in [5, 5.41) is 11.8.